The molecule has 1 heterocycles. The highest BCUT2D eigenvalue weighted by molar-refractivity contribution is 5.93. The van der Waals surface area contributed by atoms with Crippen LogP contribution in [-0.4, -0.2) is 41.6 Å². The average Bonchev–Trinajstić information content (AvgIpc) is 2.45. The summed E-state index contributed by atoms with van der Waals surface area (Å²) >= 11 is 0. The Balaban J connectivity index is 1.84. The molecule has 1 N–H and O–H groups in total. The summed E-state index contributed by atoms with van der Waals surface area (Å²) in [5, 5.41) is 9.53. The van der Waals surface area contributed by atoms with Gasteiger partial charge in [-0.25, -0.2) is 4.79 Å². The molecule has 1 aromatic rings. The number of phenolic OH excluding ortho intramolecular Hbond substituents is 1. The summed E-state index contributed by atoms with van der Waals surface area (Å²) in [5.74, 6) is -0.359. The van der Waals surface area contributed by atoms with Gasteiger partial charge >= 0.3 is 5.97 Å². The summed E-state index contributed by atoms with van der Waals surface area (Å²) in [6, 6.07) is 6.12. The molecule has 1 fully saturated rings. The fourth-order valence-corrected chi connectivity index (χ4v) is 2.20. The zero-order valence-electron chi connectivity index (χ0n) is 11.5. The Morgan fingerprint density at radius 2 is 1.95 bits per heavy atom. The molecule has 1 aliphatic rings. The first-order chi connectivity index (χ1) is 9.58. The van der Waals surface area contributed by atoms with Gasteiger partial charge in [-0.3, -0.25) is 4.79 Å². The highest BCUT2D eigenvalue weighted by Crippen LogP contribution is 2.18. The Labute approximate surface area is 118 Å². The van der Waals surface area contributed by atoms with Crippen molar-refractivity contribution in [1.29, 1.82) is 0 Å². The number of esters is 1. The molecular formula is C15H19NO4. The van der Waals surface area contributed by atoms with Crippen molar-refractivity contribution < 1.29 is 19.4 Å². The van der Waals surface area contributed by atoms with Crippen molar-refractivity contribution in [3.8, 4) is 5.75 Å². The van der Waals surface area contributed by atoms with Crippen LogP contribution in [0.1, 0.15) is 30.1 Å². The highest BCUT2D eigenvalue weighted by atomic mass is 16.5. The average molecular weight is 277 g/mol. The van der Waals surface area contributed by atoms with Crippen molar-refractivity contribution in [2.75, 3.05) is 19.7 Å². The lowest BCUT2D eigenvalue weighted by Gasteiger charge is -2.30. The summed E-state index contributed by atoms with van der Waals surface area (Å²) < 4.78 is 4.96. The molecule has 5 nitrogen and oxygen atoms in total. The maximum atomic E-state index is 11.9. The minimum atomic E-state index is -0.679. The van der Waals surface area contributed by atoms with E-state index in [2.05, 4.69) is 6.92 Å². The van der Waals surface area contributed by atoms with Crippen LogP contribution in [0.3, 0.4) is 0 Å². The van der Waals surface area contributed by atoms with Crippen molar-refractivity contribution in [2.24, 2.45) is 5.92 Å². The number of nitrogens with zero attached hydrogens (tertiary/aromatic N) is 1. The lowest BCUT2D eigenvalue weighted by atomic mass is 9.99. The van der Waals surface area contributed by atoms with E-state index >= 15 is 0 Å². The largest absolute Gasteiger partial charge is 0.507 e. The van der Waals surface area contributed by atoms with Crippen molar-refractivity contribution in [3.63, 3.8) is 0 Å². The summed E-state index contributed by atoms with van der Waals surface area (Å²) in [6.07, 6.45) is 1.97. The van der Waals surface area contributed by atoms with Gasteiger partial charge in [0, 0.05) is 13.1 Å². The maximum Gasteiger partial charge on any atom is 0.342 e. The van der Waals surface area contributed by atoms with E-state index in [1.807, 2.05) is 0 Å². The Morgan fingerprint density at radius 3 is 2.60 bits per heavy atom. The normalized spacial score (nSPS) is 15.9. The number of benzene rings is 1. The van der Waals surface area contributed by atoms with E-state index in [0.29, 0.717) is 19.0 Å². The van der Waals surface area contributed by atoms with E-state index < -0.39 is 5.97 Å². The van der Waals surface area contributed by atoms with Crippen molar-refractivity contribution in [2.45, 2.75) is 19.8 Å². The van der Waals surface area contributed by atoms with Crippen molar-refractivity contribution in [1.82, 2.24) is 4.90 Å². The molecular weight excluding hydrogens is 258 g/mol. The second-order valence-electron chi connectivity index (χ2n) is 5.16. The Bertz CT molecular complexity index is 492. The molecule has 0 aliphatic carbocycles. The van der Waals surface area contributed by atoms with E-state index in [1.54, 1.807) is 17.0 Å². The number of aromatic hydroxyl groups is 1. The Hall–Kier alpha value is -2.04. The molecule has 1 aromatic carbocycles. The summed E-state index contributed by atoms with van der Waals surface area (Å²) in [6.45, 7) is 3.32. The zero-order valence-corrected chi connectivity index (χ0v) is 11.5. The molecule has 1 aliphatic heterocycles. The number of para-hydroxylation sites is 1. The minimum Gasteiger partial charge on any atom is -0.507 e. The number of likely N-dealkylation sites (tertiary alicyclic amines) is 1. The topological polar surface area (TPSA) is 66.8 Å². The summed E-state index contributed by atoms with van der Waals surface area (Å²) in [4.78, 5) is 25.4. The van der Waals surface area contributed by atoms with Crippen LogP contribution in [0, 0.1) is 5.92 Å². The van der Waals surface area contributed by atoms with Crippen LogP contribution >= 0.6 is 0 Å². The zero-order chi connectivity index (χ0) is 14.5. The van der Waals surface area contributed by atoms with Crippen LogP contribution in [0.15, 0.2) is 24.3 Å². The van der Waals surface area contributed by atoms with Crippen LogP contribution in [-0.2, 0) is 9.53 Å². The molecule has 20 heavy (non-hydrogen) atoms. The van der Waals surface area contributed by atoms with Gasteiger partial charge in [0.1, 0.15) is 11.3 Å². The van der Waals surface area contributed by atoms with Crippen LogP contribution in [0.5, 0.6) is 5.75 Å². The van der Waals surface area contributed by atoms with Gasteiger partial charge in [-0.15, -0.1) is 0 Å². The third kappa shape index (κ3) is 3.50. The molecule has 0 spiro atoms. The number of rotatable bonds is 3. The number of carbonyl (C=O) groups is 2. The standard InChI is InChI=1S/C15H19NO4/c1-11-6-8-16(9-7-11)14(18)10-20-15(19)12-4-2-3-5-13(12)17/h2-5,11,17H,6-10H2,1H3. The quantitative estimate of drug-likeness (QED) is 0.856. The minimum absolute atomic E-state index is 0.0765. The van der Waals surface area contributed by atoms with Crippen LogP contribution in [0.4, 0.5) is 0 Å². The Kier molecular flexibility index (Phi) is 4.61. The smallest absolute Gasteiger partial charge is 0.342 e. The van der Waals surface area contributed by atoms with Crippen LogP contribution in [0.25, 0.3) is 0 Å². The number of carbonyl (C=O) groups excluding carboxylic acids is 2. The fraction of sp³-hybridized carbons (Fsp3) is 0.467. The van der Waals surface area contributed by atoms with E-state index in [0.717, 1.165) is 12.8 Å². The van der Waals surface area contributed by atoms with E-state index in [-0.39, 0.29) is 23.8 Å². The second kappa shape index (κ2) is 6.41. The molecule has 2 rings (SSSR count). The summed E-state index contributed by atoms with van der Waals surface area (Å²) in [7, 11) is 0. The van der Waals surface area contributed by atoms with Gasteiger partial charge < -0.3 is 14.7 Å². The molecule has 0 unspecified atom stereocenters. The molecule has 0 radical (unpaired) electrons. The highest BCUT2D eigenvalue weighted by Gasteiger charge is 2.21. The first-order valence-electron chi connectivity index (χ1n) is 6.81. The number of hydrogen-bond donors (Lipinski definition) is 1. The first-order valence-corrected chi connectivity index (χ1v) is 6.81. The van der Waals surface area contributed by atoms with Crippen LogP contribution < -0.4 is 0 Å². The molecule has 5 heteroatoms. The van der Waals surface area contributed by atoms with Gasteiger partial charge in [-0.2, -0.15) is 0 Å². The third-order valence-corrected chi connectivity index (χ3v) is 3.59. The number of hydrogen-bond acceptors (Lipinski definition) is 4. The molecule has 1 amide bonds. The lowest BCUT2D eigenvalue weighted by molar-refractivity contribution is -0.135. The molecule has 0 saturated carbocycles. The number of ether oxygens (including phenoxy) is 1. The molecule has 0 bridgehead atoms. The first kappa shape index (κ1) is 14.4. The van der Waals surface area contributed by atoms with Crippen molar-refractivity contribution >= 4 is 11.9 Å². The fourth-order valence-electron chi connectivity index (χ4n) is 2.20. The van der Waals surface area contributed by atoms with Crippen LogP contribution in [0.2, 0.25) is 0 Å². The van der Waals surface area contributed by atoms with Gasteiger partial charge in [0.2, 0.25) is 0 Å². The molecule has 108 valence electrons. The monoisotopic (exact) mass is 277 g/mol. The number of phenols is 1. The van der Waals surface area contributed by atoms with Crippen molar-refractivity contribution in [3.05, 3.63) is 29.8 Å². The van der Waals surface area contributed by atoms with Gasteiger partial charge in [0.15, 0.2) is 6.61 Å². The van der Waals surface area contributed by atoms with E-state index in [9.17, 15) is 14.7 Å². The molecule has 0 atom stereocenters. The third-order valence-electron chi connectivity index (χ3n) is 3.59. The molecule has 0 aromatic heterocycles. The second-order valence-corrected chi connectivity index (χ2v) is 5.16. The van der Waals surface area contributed by atoms with E-state index in [4.69, 9.17) is 4.74 Å². The lowest BCUT2D eigenvalue weighted by Crippen LogP contribution is -2.40. The van der Waals surface area contributed by atoms with E-state index in [1.165, 1.54) is 12.1 Å². The van der Waals surface area contributed by atoms with Gasteiger partial charge in [0.05, 0.1) is 0 Å². The van der Waals surface area contributed by atoms with Gasteiger partial charge in [0.25, 0.3) is 5.91 Å². The Morgan fingerprint density at radius 1 is 1.30 bits per heavy atom. The number of piperidine rings is 1. The predicted molar refractivity (Wildman–Crippen MR) is 73.4 cm³/mol. The SMILES string of the molecule is CC1CCN(C(=O)COC(=O)c2ccccc2O)CC1. The van der Waals surface area contributed by atoms with Gasteiger partial charge in [-0.1, -0.05) is 19.1 Å². The molecule has 1 saturated heterocycles. The summed E-state index contributed by atoms with van der Waals surface area (Å²) in [5.41, 5.74) is 0.0765. The van der Waals surface area contributed by atoms with Gasteiger partial charge in [-0.05, 0) is 30.9 Å². The number of amides is 1. The predicted octanol–water partition coefficient (Wildman–Crippen LogP) is 1.81. The maximum absolute atomic E-state index is 11.9.